The van der Waals surface area contributed by atoms with Crippen LogP contribution in [0.3, 0.4) is 0 Å². The molecule has 1 aromatic carbocycles. The molecule has 1 aliphatic heterocycles. The largest absolute Gasteiger partial charge is 0.317 e. The van der Waals surface area contributed by atoms with Crippen LogP contribution in [-0.2, 0) is 13.0 Å². The van der Waals surface area contributed by atoms with Crippen molar-refractivity contribution in [3.63, 3.8) is 0 Å². The van der Waals surface area contributed by atoms with E-state index in [1.54, 1.807) is 0 Å². The number of nitrogens with one attached hydrogen (secondary N) is 1. The van der Waals surface area contributed by atoms with E-state index in [0.717, 1.165) is 19.0 Å². The van der Waals surface area contributed by atoms with Crippen LogP contribution in [0.2, 0.25) is 0 Å². The van der Waals surface area contributed by atoms with Gasteiger partial charge in [-0.2, -0.15) is 0 Å². The second-order valence-corrected chi connectivity index (χ2v) is 4.96. The number of piperidine rings is 1. The number of nitrogens with zero attached hydrogens (tertiary/aromatic N) is 1. The third kappa shape index (κ3) is 3.30. The lowest BCUT2D eigenvalue weighted by Crippen LogP contribution is -2.40. The van der Waals surface area contributed by atoms with Crippen molar-refractivity contribution >= 4 is 0 Å². The smallest absolute Gasteiger partial charge is 0.0236 e. The molecular formula is C15H24N2. The Morgan fingerprint density at radius 2 is 1.82 bits per heavy atom. The Kier molecular flexibility index (Phi) is 4.57. The fourth-order valence-electron chi connectivity index (χ4n) is 2.68. The zero-order chi connectivity index (χ0) is 12.1. The summed E-state index contributed by atoms with van der Waals surface area (Å²) in [5.74, 6) is 0. The number of aryl methyl sites for hydroxylation is 1. The van der Waals surface area contributed by atoms with Gasteiger partial charge < -0.3 is 5.32 Å². The summed E-state index contributed by atoms with van der Waals surface area (Å²) in [6, 6.07) is 9.58. The zero-order valence-corrected chi connectivity index (χ0v) is 11.1. The van der Waals surface area contributed by atoms with E-state index in [4.69, 9.17) is 0 Å². The van der Waals surface area contributed by atoms with E-state index in [-0.39, 0.29) is 0 Å². The molecule has 0 aromatic heterocycles. The Hall–Kier alpha value is -0.860. The molecule has 0 bridgehead atoms. The molecule has 0 radical (unpaired) electrons. The molecular weight excluding hydrogens is 208 g/mol. The lowest BCUT2D eigenvalue weighted by molar-refractivity contribution is 0.194. The van der Waals surface area contributed by atoms with Crippen molar-refractivity contribution in [3.05, 3.63) is 35.4 Å². The van der Waals surface area contributed by atoms with Crippen LogP contribution in [-0.4, -0.2) is 31.1 Å². The standard InChI is InChI=1S/C15H24N2/c1-3-13-6-4-5-7-14(13)12-17-10-8-15(16-2)9-11-17/h4-7,15-16H,3,8-12H2,1-2H3. The van der Waals surface area contributed by atoms with E-state index < -0.39 is 0 Å². The number of likely N-dealkylation sites (tertiary alicyclic amines) is 1. The Balaban J connectivity index is 1.93. The van der Waals surface area contributed by atoms with Gasteiger partial charge in [0.05, 0.1) is 0 Å². The van der Waals surface area contributed by atoms with E-state index in [0.29, 0.717) is 0 Å². The van der Waals surface area contributed by atoms with Crippen molar-refractivity contribution in [2.24, 2.45) is 0 Å². The maximum Gasteiger partial charge on any atom is 0.0236 e. The molecule has 0 aliphatic carbocycles. The molecule has 94 valence electrons. The molecule has 0 saturated carbocycles. The van der Waals surface area contributed by atoms with Gasteiger partial charge in [-0.15, -0.1) is 0 Å². The summed E-state index contributed by atoms with van der Waals surface area (Å²) in [4.78, 5) is 2.59. The highest BCUT2D eigenvalue weighted by molar-refractivity contribution is 5.26. The molecule has 1 saturated heterocycles. The molecule has 2 nitrogen and oxygen atoms in total. The topological polar surface area (TPSA) is 15.3 Å². The Bertz CT molecular complexity index is 341. The van der Waals surface area contributed by atoms with Crippen LogP contribution >= 0.6 is 0 Å². The first kappa shape index (κ1) is 12.6. The molecule has 1 fully saturated rings. The van der Waals surface area contributed by atoms with Crippen molar-refractivity contribution < 1.29 is 0 Å². The highest BCUT2D eigenvalue weighted by atomic mass is 15.1. The summed E-state index contributed by atoms with van der Waals surface area (Å²) in [5, 5.41) is 3.38. The minimum atomic E-state index is 0.729. The van der Waals surface area contributed by atoms with Gasteiger partial charge in [-0.05, 0) is 50.5 Å². The minimum Gasteiger partial charge on any atom is -0.317 e. The average Bonchev–Trinajstić information content (AvgIpc) is 2.40. The minimum absolute atomic E-state index is 0.729. The van der Waals surface area contributed by atoms with E-state index in [1.807, 2.05) is 0 Å². The first-order valence-corrected chi connectivity index (χ1v) is 6.80. The van der Waals surface area contributed by atoms with Crippen LogP contribution in [0.5, 0.6) is 0 Å². The van der Waals surface area contributed by atoms with Crippen LogP contribution in [0.15, 0.2) is 24.3 Å². The normalized spacial score (nSPS) is 18.5. The lowest BCUT2D eigenvalue weighted by Gasteiger charge is -2.32. The van der Waals surface area contributed by atoms with E-state index in [2.05, 4.69) is 48.5 Å². The first-order chi connectivity index (χ1) is 8.33. The molecule has 0 unspecified atom stereocenters. The lowest BCUT2D eigenvalue weighted by atomic mass is 10.0. The van der Waals surface area contributed by atoms with Crippen molar-refractivity contribution in [3.8, 4) is 0 Å². The van der Waals surface area contributed by atoms with Crippen molar-refractivity contribution in [1.29, 1.82) is 0 Å². The molecule has 1 aromatic rings. The maximum atomic E-state index is 3.38. The molecule has 1 aliphatic rings. The number of benzene rings is 1. The SMILES string of the molecule is CCc1ccccc1CN1CCC(NC)CC1. The number of hydrogen-bond acceptors (Lipinski definition) is 2. The summed E-state index contributed by atoms with van der Waals surface area (Å²) < 4.78 is 0. The maximum absolute atomic E-state index is 3.38. The van der Waals surface area contributed by atoms with Gasteiger partial charge in [-0.25, -0.2) is 0 Å². The molecule has 0 atom stereocenters. The van der Waals surface area contributed by atoms with E-state index in [9.17, 15) is 0 Å². The van der Waals surface area contributed by atoms with E-state index in [1.165, 1.54) is 37.1 Å². The molecule has 1 heterocycles. The molecule has 17 heavy (non-hydrogen) atoms. The predicted molar refractivity (Wildman–Crippen MR) is 73.2 cm³/mol. The Morgan fingerprint density at radius 1 is 1.18 bits per heavy atom. The van der Waals surface area contributed by atoms with Gasteiger partial charge in [0.25, 0.3) is 0 Å². The number of hydrogen-bond donors (Lipinski definition) is 1. The third-order valence-electron chi connectivity index (χ3n) is 3.89. The van der Waals surface area contributed by atoms with Crippen molar-refractivity contribution in [1.82, 2.24) is 10.2 Å². The second-order valence-electron chi connectivity index (χ2n) is 4.96. The van der Waals surface area contributed by atoms with Crippen LogP contribution in [0, 0.1) is 0 Å². The van der Waals surface area contributed by atoms with Crippen LogP contribution in [0.4, 0.5) is 0 Å². The highest BCUT2D eigenvalue weighted by Crippen LogP contribution is 2.16. The third-order valence-corrected chi connectivity index (χ3v) is 3.89. The zero-order valence-electron chi connectivity index (χ0n) is 11.1. The van der Waals surface area contributed by atoms with Crippen LogP contribution in [0.1, 0.15) is 30.9 Å². The van der Waals surface area contributed by atoms with E-state index >= 15 is 0 Å². The molecule has 1 N–H and O–H groups in total. The predicted octanol–water partition coefficient (Wildman–Crippen LogP) is 2.43. The Labute approximate surface area is 105 Å². The monoisotopic (exact) mass is 232 g/mol. The number of rotatable bonds is 4. The van der Waals surface area contributed by atoms with Gasteiger partial charge in [-0.3, -0.25) is 4.90 Å². The van der Waals surface area contributed by atoms with Gasteiger partial charge in [0, 0.05) is 12.6 Å². The second kappa shape index (κ2) is 6.18. The summed E-state index contributed by atoms with van der Waals surface area (Å²) in [6.07, 6.45) is 3.71. The quantitative estimate of drug-likeness (QED) is 0.857. The highest BCUT2D eigenvalue weighted by Gasteiger charge is 2.17. The molecule has 2 heteroatoms. The molecule has 0 spiro atoms. The molecule has 0 amide bonds. The summed E-state index contributed by atoms with van der Waals surface area (Å²) in [7, 11) is 2.08. The fourth-order valence-corrected chi connectivity index (χ4v) is 2.68. The van der Waals surface area contributed by atoms with Gasteiger partial charge >= 0.3 is 0 Å². The fraction of sp³-hybridized carbons (Fsp3) is 0.600. The van der Waals surface area contributed by atoms with Gasteiger partial charge in [0.1, 0.15) is 0 Å². The molecule has 2 rings (SSSR count). The van der Waals surface area contributed by atoms with Gasteiger partial charge in [0.2, 0.25) is 0 Å². The van der Waals surface area contributed by atoms with Crippen molar-refractivity contribution in [2.75, 3.05) is 20.1 Å². The van der Waals surface area contributed by atoms with Crippen molar-refractivity contribution in [2.45, 2.75) is 38.8 Å². The van der Waals surface area contributed by atoms with Gasteiger partial charge in [-0.1, -0.05) is 31.2 Å². The van der Waals surface area contributed by atoms with Crippen LogP contribution in [0.25, 0.3) is 0 Å². The summed E-state index contributed by atoms with van der Waals surface area (Å²) in [5.41, 5.74) is 3.01. The van der Waals surface area contributed by atoms with Crippen LogP contribution < -0.4 is 5.32 Å². The average molecular weight is 232 g/mol. The first-order valence-electron chi connectivity index (χ1n) is 6.80. The summed E-state index contributed by atoms with van der Waals surface area (Å²) >= 11 is 0. The summed E-state index contributed by atoms with van der Waals surface area (Å²) in [6.45, 7) is 5.82. The Morgan fingerprint density at radius 3 is 2.41 bits per heavy atom. The van der Waals surface area contributed by atoms with Gasteiger partial charge in [0.15, 0.2) is 0 Å².